The standard InChI is InChI=1S/C18H20N4O3/c1-10-6-7-14(8-11(10)2)22-16-15(9-19-22)12(3)20-21(17(16)23)13(4)18(24)25-5/h6-9,13H,1-5H3. The summed E-state index contributed by atoms with van der Waals surface area (Å²) < 4.78 is 7.49. The van der Waals surface area contributed by atoms with Crippen LogP contribution in [0.4, 0.5) is 0 Å². The van der Waals surface area contributed by atoms with Crippen molar-refractivity contribution in [1.29, 1.82) is 0 Å². The van der Waals surface area contributed by atoms with Crippen LogP contribution in [0.5, 0.6) is 0 Å². The van der Waals surface area contributed by atoms with Crippen LogP contribution < -0.4 is 5.56 Å². The fourth-order valence-corrected chi connectivity index (χ4v) is 2.77. The van der Waals surface area contributed by atoms with E-state index < -0.39 is 12.0 Å². The third-order valence-corrected chi connectivity index (χ3v) is 4.47. The minimum atomic E-state index is -0.816. The zero-order valence-electron chi connectivity index (χ0n) is 14.9. The Morgan fingerprint density at radius 1 is 1.20 bits per heavy atom. The molecule has 0 saturated carbocycles. The highest BCUT2D eigenvalue weighted by atomic mass is 16.5. The van der Waals surface area contributed by atoms with Crippen LogP contribution in [0.2, 0.25) is 0 Å². The number of esters is 1. The van der Waals surface area contributed by atoms with Crippen LogP contribution in [0.3, 0.4) is 0 Å². The lowest BCUT2D eigenvalue weighted by Gasteiger charge is -2.13. The molecule has 0 aliphatic heterocycles. The van der Waals surface area contributed by atoms with E-state index in [2.05, 4.69) is 10.2 Å². The van der Waals surface area contributed by atoms with E-state index in [0.717, 1.165) is 21.5 Å². The van der Waals surface area contributed by atoms with Gasteiger partial charge in [-0.3, -0.25) is 4.79 Å². The summed E-state index contributed by atoms with van der Waals surface area (Å²) >= 11 is 0. The number of carbonyl (C=O) groups is 1. The van der Waals surface area contributed by atoms with Crippen molar-refractivity contribution in [2.45, 2.75) is 33.7 Å². The van der Waals surface area contributed by atoms with Gasteiger partial charge in [0.1, 0.15) is 5.52 Å². The number of hydrogen-bond donors (Lipinski definition) is 0. The molecule has 25 heavy (non-hydrogen) atoms. The Labute approximate surface area is 144 Å². The van der Waals surface area contributed by atoms with E-state index in [1.165, 1.54) is 7.11 Å². The number of methoxy groups -OCH3 is 1. The minimum absolute atomic E-state index is 0.380. The summed E-state index contributed by atoms with van der Waals surface area (Å²) in [5, 5.41) is 9.29. The topological polar surface area (TPSA) is 79.0 Å². The van der Waals surface area contributed by atoms with Crippen LogP contribution in [0.1, 0.15) is 29.8 Å². The maximum atomic E-state index is 13.0. The van der Waals surface area contributed by atoms with Gasteiger partial charge in [0.2, 0.25) is 0 Å². The number of benzene rings is 1. The number of rotatable bonds is 3. The van der Waals surface area contributed by atoms with Gasteiger partial charge < -0.3 is 4.74 Å². The quantitative estimate of drug-likeness (QED) is 0.683. The molecule has 3 aromatic rings. The monoisotopic (exact) mass is 340 g/mol. The van der Waals surface area contributed by atoms with Gasteiger partial charge in [0.15, 0.2) is 6.04 Å². The Bertz CT molecular complexity index is 1030. The van der Waals surface area contributed by atoms with Crippen molar-refractivity contribution < 1.29 is 9.53 Å². The third kappa shape index (κ3) is 2.71. The SMILES string of the molecule is COC(=O)C(C)n1nc(C)c2cnn(-c3ccc(C)c(C)c3)c2c1=O. The van der Waals surface area contributed by atoms with E-state index in [-0.39, 0.29) is 5.56 Å². The average Bonchev–Trinajstić information content (AvgIpc) is 3.05. The Morgan fingerprint density at radius 2 is 1.92 bits per heavy atom. The van der Waals surface area contributed by atoms with Gasteiger partial charge in [-0.25, -0.2) is 14.2 Å². The molecule has 1 atom stereocenters. The van der Waals surface area contributed by atoms with Crippen molar-refractivity contribution in [3.05, 3.63) is 51.6 Å². The maximum Gasteiger partial charge on any atom is 0.330 e. The van der Waals surface area contributed by atoms with Crippen LogP contribution in [-0.2, 0) is 9.53 Å². The van der Waals surface area contributed by atoms with Crippen LogP contribution >= 0.6 is 0 Å². The second kappa shape index (κ2) is 6.16. The number of ether oxygens (including phenoxy) is 1. The first kappa shape index (κ1) is 16.9. The van der Waals surface area contributed by atoms with Gasteiger partial charge in [0, 0.05) is 5.39 Å². The molecular weight excluding hydrogens is 320 g/mol. The van der Waals surface area contributed by atoms with Crippen LogP contribution in [-0.4, -0.2) is 32.6 Å². The third-order valence-electron chi connectivity index (χ3n) is 4.47. The summed E-state index contributed by atoms with van der Waals surface area (Å²) in [6.45, 7) is 7.41. The molecule has 3 rings (SSSR count). The largest absolute Gasteiger partial charge is 0.467 e. The molecule has 130 valence electrons. The molecule has 0 fully saturated rings. The molecule has 0 spiro atoms. The fourth-order valence-electron chi connectivity index (χ4n) is 2.77. The molecule has 0 aliphatic rings. The summed E-state index contributed by atoms with van der Waals surface area (Å²) in [4.78, 5) is 24.8. The second-order valence-corrected chi connectivity index (χ2v) is 6.12. The van der Waals surface area contributed by atoms with Crippen LogP contribution in [0.15, 0.2) is 29.2 Å². The van der Waals surface area contributed by atoms with Crippen molar-refractivity contribution in [3.8, 4) is 5.69 Å². The van der Waals surface area contributed by atoms with E-state index in [1.807, 2.05) is 32.0 Å². The number of carbonyl (C=O) groups excluding carboxylic acids is 1. The first-order valence-electron chi connectivity index (χ1n) is 7.97. The van der Waals surface area contributed by atoms with E-state index in [1.54, 1.807) is 24.7 Å². The molecule has 7 heteroatoms. The van der Waals surface area contributed by atoms with E-state index in [0.29, 0.717) is 16.6 Å². The molecule has 0 radical (unpaired) electrons. The summed E-state index contributed by atoms with van der Waals surface area (Å²) in [5.74, 6) is -0.523. The first-order chi connectivity index (χ1) is 11.8. The summed E-state index contributed by atoms with van der Waals surface area (Å²) in [7, 11) is 1.29. The van der Waals surface area contributed by atoms with Gasteiger partial charge in [-0.2, -0.15) is 10.2 Å². The van der Waals surface area contributed by atoms with Gasteiger partial charge in [0.05, 0.1) is 24.7 Å². The van der Waals surface area contributed by atoms with Crippen molar-refractivity contribution in [2.24, 2.45) is 0 Å². The van der Waals surface area contributed by atoms with Gasteiger partial charge in [-0.15, -0.1) is 0 Å². The fraction of sp³-hybridized carbons (Fsp3) is 0.333. The molecule has 7 nitrogen and oxygen atoms in total. The Hall–Kier alpha value is -2.96. The summed E-state index contributed by atoms with van der Waals surface area (Å²) in [6, 6.07) is 5.06. The van der Waals surface area contributed by atoms with Gasteiger partial charge >= 0.3 is 5.97 Å². The number of hydrogen-bond acceptors (Lipinski definition) is 5. The first-order valence-corrected chi connectivity index (χ1v) is 7.97. The number of aromatic nitrogens is 4. The van der Waals surface area contributed by atoms with E-state index in [4.69, 9.17) is 4.74 Å². The highest BCUT2D eigenvalue weighted by Gasteiger charge is 2.22. The number of nitrogens with zero attached hydrogens (tertiary/aromatic N) is 4. The van der Waals surface area contributed by atoms with Crippen molar-refractivity contribution in [2.75, 3.05) is 7.11 Å². The van der Waals surface area contributed by atoms with Crippen LogP contribution in [0, 0.1) is 20.8 Å². The summed E-state index contributed by atoms with van der Waals surface area (Å²) in [6.07, 6.45) is 1.63. The highest BCUT2D eigenvalue weighted by Crippen LogP contribution is 2.20. The van der Waals surface area contributed by atoms with E-state index >= 15 is 0 Å². The van der Waals surface area contributed by atoms with Crippen molar-refractivity contribution in [1.82, 2.24) is 19.6 Å². The van der Waals surface area contributed by atoms with Gasteiger partial charge in [-0.1, -0.05) is 6.07 Å². The lowest BCUT2D eigenvalue weighted by molar-refractivity contribution is -0.144. The Morgan fingerprint density at radius 3 is 2.56 bits per heavy atom. The smallest absolute Gasteiger partial charge is 0.330 e. The van der Waals surface area contributed by atoms with Gasteiger partial charge in [-0.05, 0) is 51.0 Å². The minimum Gasteiger partial charge on any atom is -0.467 e. The molecular formula is C18H20N4O3. The predicted octanol–water partition coefficient (Wildman–Crippen LogP) is 2.24. The zero-order chi connectivity index (χ0) is 18.3. The molecule has 0 amide bonds. The molecule has 2 aromatic heterocycles. The average molecular weight is 340 g/mol. The van der Waals surface area contributed by atoms with Crippen molar-refractivity contribution in [3.63, 3.8) is 0 Å². The van der Waals surface area contributed by atoms with E-state index in [9.17, 15) is 9.59 Å². The maximum absolute atomic E-state index is 13.0. The number of aryl methyl sites for hydroxylation is 3. The zero-order valence-corrected chi connectivity index (χ0v) is 14.9. The molecule has 0 aliphatic carbocycles. The Kier molecular flexibility index (Phi) is 4.16. The Balaban J connectivity index is 2.29. The summed E-state index contributed by atoms with van der Waals surface area (Å²) in [5.41, 5.74) is 3.70. The van der Waals surface area contributed by atoms with Crippen LogP contribution in [0.25, 0.3) is 16.6 Å². The molecule has 1 aromatic carbocycles. The lowest BCUT2D eigenvalue weighted by atomic mass is 10.1. The van der Waals surface area contributed by atoms with Gasteiger partial charge in [0.25, 0.3) is 5.56 Å². The lowest BCUT2D eigenvalue weighted by Crippen LogP contribution is -2.32. The van der Waals surface area contributed by atoms with Crippen molar-refractivity contribution >= 4 is 16.9 Å². The predicted molar refractivity (Wildman–Crippen MR) is 94.1 cm³/mol. The second-order valence-electron chi connectivity index (χ2n) is 6.12. The molecule has 0 bridgehead atoms. The molecule has 0 saturated heterocycles. The normalized spacial score (nSPS) is 12.4. The molecule has 1 unspecified atom stereocenters. The molecule has 0 N–H and O–H groups in total. The number of fused-ring (bicyclic) bond motifs is 1. The molecule has 2 heterocycles. The highest BCUT2D eigenvalue weighted by molar-refractivity contribution is 5.82.